The van der Waals surface area contributed by atoms with Crippen molar-refractivity contribution >= 4 is 11.1 Å². The van der Waals surface area contributed by atoms with Crippen LogP contribution in [-0.4, -0.2) is 18.7 Å². The maximum atomic E-state index is 10.2. The van der Waals surface area contributed by atoms with Crippen LogP contribution in [0.3, 0.4) is 0 Å². The predicted octanol–water partition coefficient (Wildman–Crippen LogP) is 0.164. The molecule has 0 aliphatic carbocycles. The molecule has 60 valence electrons. The lowest BCUT2D eigenvalue weighted by molar-refractivity contribution is 0.535. The van der Waals surface area contributed by atoms with Crippen LogP contribution in [0, 0.1) is 6.92 Å². The van der Waals surface area contributed by atoms with E-state index in [4.69, 9.17) is 0 Å². The molecular formula is C6H7N2O2S-. The average molecular weight is 171 g/mol. The molecule has 0 saturated heterocycles. The highest BCUT2D eigenvalue weighted by Gasteiger charge is 1.94. The van der Waals surface area contributed by atoms with Gasteiger partial charge in [0.25, 0.3) is 0 Å². The molecular weight excluding hydrogens is 164 g/mol. The second kappa shape index (κ2) is 3.54. The van der Waals surface area contributed by atoms with Crippen molar-refractivity contribution in [1.82, 2.24) is 9.97 Å². The molecule has 0 aliphatic rings. The molecule has 1 rings (SSSR count). The van der Waals surface area contributed by atoms with Gasteiger partial charge in [-0.2, -0.15) is 0 Å². The molecule has 0 spiro atoms. The zero-order valence-corrected chi connectivity index (χ0v) is 6.80. The topological polar surface area (TPSA) is 65.9 Å². The van der Waals surface area contributed by atoms with E-state index >= 15 is 0 Å². The van der Waals surface area contributed by atoms with Gasteiger partial charge >= 0.3 is 0 Å². The first-order chi connectivity index (χ1) is 5.18. The third kappa shape index (κ3) is 2.73. The van der Waals surface area contributed by atoms with Crippen LogP contribution < -0.4 is 0 Å². The Balaban J connectivity index is 2.79. The predicted molar refractivity (Wildman–Crippen MR) is 39.4 cm³/mol. The molecule has 0 saturated carbocycles. The van der Waals surface area contributed by atoms with Gasteiger partial charge in [-0.1, -0.05) is 0 Å². The lowest BCUT2D eigenvalue weighted by atomic mass is 10.4. The first-order valence-electron chi connectivity index (χ1n) is 3.03. The van der Waals surface area contributed by atoms with Crippen molar-refractivity contribution in [1.29, 1.82) is 0 Å². The molecule has 4 nitrogen and oxygen atoms in total. The first-order valence-corrected chi connectivity index (χ1v) is 4.27. The Bertz CT molecular complexity index is 277. The molecule has 0 bridgehead atoms. The van der Waals surface area contributed by atoms with Gasteiger partial charge in [0.1, 0.15) is 5.82 Å². The number of aryl methyl sites for hydroxylation is 1. The number of hydrogen-bond acceptors (Lipinski definition) is 4. The maximum Gasteiger partial charge on any atom is 0.139 e. The Kier molecular flexibility index (Phi) is 2.67. The Morgan fingerprint density at radius 3 is 3.00 bits per heavy atom. The maximum absolute atomic E-state index is 10.2. The van der Waals surface area contributed by atoms with E-state index in [9.17, 15) is 8.76 Å². The molecule has 1 unspecified atom stereocenters. The van der Waals surface area contributed by atoms with Gasteiger partial charge in [-0.3, -0.25) is 4.21 Å². The van der Waals surface area contributed by atoms with Crippen LogP contribution >= 0.6 is 0 Å². The lowest BCUT2D eigenvalue weighted by Gasteiger charge is -2.02. The summed E-state index contributed by atoms with van der Waals surface area (Å²) in [7, 11) is 0. The van der Waals surface area contributed by atoms with Crippen molar-refractivity contribution in [3.8, 4) is 0 Å². The largest absolute Gasteiger partial charge is 0.772 e. The van der Waals surface area contributed by atoms with Crippen LogP contribution in [0.4, 0.5) is 0 Å². The van der Waals surface area contributed by atoms with Crippen molar-refractivity contribution in [3.63, 3.8) is 0 Å². The number of nitrogens with zero attached hydrogens (tertiary/aromatic N) is 2. The zero-order chi connectivity index (χ0) is 8.27. The number of aromatic nitrogens is 2. The third-order valence-corrected chi connectivity index (χ3v) is 1.59. The van der Waals surface area contributed by atoms with E-state index in [0.29, 0.717) is 5.82 Å². The van der Waals surface area contributed by atoms with Crippen molar-refractivity contribution in [2.24, 2.45) is 0 Å². The van der Waals surface area contributed by atoms with Gasteiger partial charge < -0.3 is 4.55 Å². The standard InChI is InChI=1S/C6H8N2O2S/c1-5-2-3-7-6(8-5)4-11(9)10/h2-3H,4H2,1H3,(H,9,10)/p-1. The summed E-state index contributed by atoms with van der Waals surface area (Å²) in [5.74, 6) is 0.236. The van der Waals surface area contributed by atoms with E-state index in [1.54, 1.807) is 19.2 Å². The quantitative estimate of drug-likeness (QED) is 0.595. The lowest BCUT2D eigenvalue weighted by Crippen LogP contribution is -2.00. The smallest absolute Gasteiger partial charge is 0.139 e. The Morgan fingerprint density at radius 1 is 1.73 bits per heavy atom. The molecule has 11 heavy (non-hydrogen) atoms. The molecule has 1 aromatic rings. The molecule has 1 atom stereocenters. The molecule has 0 fully saturated rings. The highest BCUT2D eigenvalue weighted by molar-refractivity contribution is 7.78. The van der Waals surface area contributed by atoms with Crippen molar-refractivity contribution in [2.45, 2.75) is 12.7 Å². The van der Waals surface area contributed by atoms with Gasteiger partial charge in [-0.15, -0.1) is 0 Å². The first kappa shape index (κ1) is 8.29. The van der Waals surface area contributed by atoms with Crippen LogP contribution in [0.1, 0.15) is 11.5 Å². The molecule has 0 N–H and O–H groups in total. The van der Waals surface area contributed by atoms with Crippen LogP contribution in [0.5, 0.6) is 0 Å². The molecule has 0 radical (unpaired) electrons. The van der Waals surface area contributed by atoms with E-state index in [1.807, 2.05) is 0 Å². The highest BCUT2D eigenvalue weighted by Crippen LogP contribution is 1.95. The second-order valence-electron chi connectivity index (χ2n) is 2.06. The fourth-order valence-electron chi connectivity index (χ4n) is 0.676. The van der Waals surface area contributed by atoms with Crippen LogP contribution in [0.25, 0.3) is 0 Å². The fourth-order valence-corrected chi connectivity index (χ4v) is 1.03. The van der Waals surface area contributed by atoms with Gasteiger partial charge in [0, 0.05) is 11.9 Å². The van der Waals surface area contributed by atoms with Crippen molar-refractivity contribution in [3.05, 3.63) is 23.8 Å². The SMILES string of the molecule is Cc1ccnc(CS(=O)[O-])n1. The van der Waals surface area contributed by atoms with E-state index in [2.05, 4.69) is 9.97 Å². The summed E-state index contributed by atoms with van der Waals surface area (Å²) in [4.78, 5) is 7.68. The van der Waals surface area contributed by atoms with Gasteiger partial charge in [0.15, 0.2) is 0 Å². The van der Waals surface area contributed by atoms with E-state index in [0.717, 1.165) is 5.69 Å². The Hall–Kier alpha value is -0.810. The average Bonchev–Trinajstić information content (AvgIpc) is 1.85. The number of hydrogen-bond donors (Lipinski definition) is 0. The van der Waals surface area contributed by atoms with Gasteiger partial charge in [0.2, 0.25) is 0 Å². The summed E-state index contributed by atoms with van der Waals surface area (Å²) in [5, 5.41) is 0. The van der Waals surface area contributed by atoms with Crippen LogP contribution in [-0.2, 0) is 16.8 Å². The van der Waals surface area contributed by atoms with Crippen molar-refractivity contribution < 1.29 is 8.76 Å². The summed E-state index contributed by atoms with van der Waals surface area (Å²) < 4.78 is 20.4. The van der Waals surface area contributed by atoms with Crippen LogP contribution in [0.2, 0.25) is 0 Å². The summed E-state index contributed by atoms with van der Waals surface area (Å²) in [6, 6.07) is 1.72. The van der Waals surface area contributed by atoms with Gasteiger partial charge in [-0.05, 0) is 24.1 Å². The molecule has 1 heterocycles. The third-order valence-electron chi connectivity index (χ3n) is 1.09. The molecule has 0 aromatic carbocycles. The second-order valence-corrected chi connectivity index (χ2v) is 2.96. The molecule has 1 aromatic heterocycles. The minimum absolute atomic E-state index is 0.109. The monoisotopic (exact) mass is 171 g/mol. The minimum Gasteiger partial charge on any atom is -0.772 e. The summed E-state index contributed by atoms with van der Waals surface area (Å²) >= 11 is -2.10. The molecule has 5 heteroatoms. The summed E-state index contributed by atoms with van der Waals surface area (Å²) in [6.07, 6.45) is 1.55. The van der Waals surface area contributed by atoms with Crippen LogP contribution in [0.15, 0.2) is 12.3 Å². The zero-order valence-electron chi connectivity index (χ0n) is 5.98. The van der Waals surface area contributed by atoms with Crippen molar-refractivity contribution in [2.75, 3.05) is 0 Å². The van der Waals surface area contributed by atoms with E-state index in [1.165, 1.54) is 0 Å². The Labute approximate surface area is 67.0 Å². The Morgan fingerprint density at radius 2 is 2.45 bits per heavy atom. The normalized spacial score (nSPS) is 12.9. The van der Waals surface area contributed by atoms with Gasteiger partial charge in [0.05, 0.1) is 5.75 Å². The van der Waals surface area contributed by atoms with E-state index in [-0.39, 0.29) is 5.75 Å². The highest BCUT2D eigenvalue weighted by atomic mass is 32.2. The molecule has 0 aliphatic heterocycles. The molecule has 0 amide bonds. The fraction of sp³-hybridized carbons (Fsp3) is 0.333. The summed E-state index contributed by atoms with van der Waals surface area (Å²) in [5.41, 5.74) is 0.778. The number of rotatable bonds is 2. The summed E-state index contributed by atoms with van der Waals surface area (Å²) in [6.45, 7) is 1.79. The van der Waals surface area contributed by atoms with E-state index < -0.39 is 11.1 Å². The minimum atomic E-state index is -2.10. The van der Waals surface area contributed by atoms with Gasteiger partial charge in [-0.25, -0.2) is 9.97 Å².